The highest BCUT2D eigenvalue weighted by molar-refractivity contribution is 7.98. The molecule has 5 heteroatoms. The van der Waals surface area contributed by atoms with E-state index in [4.69, 9.17) is 5.10 Å². The molecule has 0 bridgehead atoms. The van der Waals surface area contributed by atoms with Crippen LogP contribution in [-0.4, -0.2) is 21.9 Å². The van der Waals surface area contributed by atoms with Crippen LogP contribution in [0.5, 0.6) is 0 Å². The predicted octanol–water partition coefficient (Wildman–Crippen LogP) is 4.34. The van der Waals surface area contributed by atoms with Crippen molar-refractivity contribution in [3.05, 3.63) is 71.4 Å². The highest BCUT2D eigenvalue weighted by Gasteiger charge is 2.24. The number of aromatic nitrogens is 2. The first-order chi connectivity index (χ1) is 12.3. The number of carbonyl (C=O) groups excluding carboxylic acids is 1. The van der Waals surface area contributed by atoms with E-state index < -0.39 is 0 Å². The molecule has 3 aromatic rings. The van der Waals surface area contributed by atoms with E-state index in [1.807, 2.05) is 65.5 Å². The summed E-state index contributed by atoms with van der Waals surface area (Å²) < 4.78 is 1.86. The van der Waals surface area contributed by atoms with Crippen molar-refractivity contribution in [2.75, 3.05) is 11.6 Å². The van der Waals surface area contributed by atoms with Gasteiger partial charge in [0, 0.05) is 16.0 Å². The Balaban J connectivity index is 1.68. The second-order valence-corrected chi connectivity index (χ2v) is 6.94. The van der Waals surface area contributed by atoms with Crippen molar-refractivity contribution in [2.24, 2.45) is 0 Å². The van der Waals surface area contributed by atoms with Gasteiger partial charge in [-0.2, -0.15) is 5.10 Å². The molecule has 0 atom stereocenters. The number of amides is 1. The first-order valence-electron chi connectivity index (χ1n) is 8.38. The number of thioether (sulfide) groups is 1. The maximum Gasteiger partial charge on any atom is 0.256 e. The van der Waals surface area contributed by atoms with E-state index in [-0.39, 0.29) is 5.91 Å². The Bertz CT molecular complexity index is 901. The molecule has 126 valence electrons. The van der Waals surface area contributed by atoms with Crippen LogP contribution in [0.3, 0.4) is 0 Å². The normalized spacial score (nSPS) is 12.8. The number of benzene rings is 2. The molecule has 4 rings (SSSR count). The fourth-order valence-electron chi connectivity index (χ4n) is 3.20. The highest BCUT2D eigenvalue weighted by Crippen LogP contribution is 2.31. The van der Waals surface area contributed by atoms with Gasteiger partial charge >= 0.3 is 0 Å². The summed E-state index contributed by atoms with van der Waals surface area (Å²) in [5.74, 6) is 0.706. The Morgan fingerprint density at radius 1 is 1.08 bits per heavy atom. The third-order valence-corrected chi connectivity index (χ3v) is 5.24. The third kappa shape index (κ3) is 3.07. The number of hydrogen-bond acceptors (Lipinski definition) is 3. The molecule has 0 saturated carbocycles. The van der Waals surface area contributed by atoms with Crippen LogP contribution >= 0.6 is 11.8 Å². The zero-order valence-corrected chi connectivity index (χ0v) is 14.8. The molecule has 25 heavy (non-hydrogen) atoms. The van der Waals surface area contributed by atoms with Crippen molar-refractivity contribution in [3.63, 3.8) is 0 Å². The Hall–Kier alpha value is -2.53. The summed E-state index contributed by atoms with van der Waals surface area (Å²) in [6, 6.07) is 17.6. The van der Waals surface area contributed by atoms with Crippen molar-refractivity contribution >= 4 is 23.5 Å². The van der Waals surface area contributed by atoms with E-state index in [1.54, 1.807) is 11.8 Å². The van der Waals surface area contributed by atoms with Gasteiger partial charge in [-0.05, 0) is 61.9 Å². The van der Waals surface area contributed by atoms with Crippen LogP contribution in [0.15, 0.2) is 59.5 Å². The SMILES string of the molecule is CSc1ccc(C(=O)Nc2c3c(nn2-c2ccccc2)CCC3)cc1. The van der Waals surface area contributed by atoms with Gasteiger partial charge in [-0.25, -0.2) is 4.68 Å². The second-order valence-electron chi connectivity index (χ2n) is 6.06. The van der Waals surface area contributed by atoms with Crippen molar-refractivity contribution in [3.8, 4) is 5.69 Å². The Morgan fingerprint density at radius 2 is 1.84 bits per heavy atom. The molecule has 1 aliphatic rings. The van der Waals surface area contributed by atoms with Gasteiger partial charge in [0.05, 0.1) is 11.4 Å². The molecule has 0 aliphatic heterocycles. The molecule has 1 amide bonds. The number of nitrogens with zero attached hydrogens (tertiary/aromatic N) is 2. The van der Waals surface area contributed by atoms with Gasteiger partial charge in [-0.15, -0.1) is 11.8 Å². The van der Waals surface area contributed by atoms with Crippen molar-refractivity contribution in [1.29, 1.82) is 0 Å². The molecule has 0 fully saturated rings. The average Bonchev–Trinajstić information content (AvgIpc) is 3.25. The lowest BCUT2D eigenvalue weighted by Crippen LogP contribution is -2.16. The molecule has 1 N–H and O–H groups in total. The van der Waals surface area contributed by atoms with Gasteiger partial charge in [0.25, 0.3) is 5.91 Å². The highest BCUT2D eigenvalue weighted by atomic mass is 32.2. The molecular weight excluding hydrogens is 330 g/mol. The molecule has 0 radical (unpaired) electrons. The molecule has 2 aromatic carbocycles. The molecule has 0 saturated heterocycles. The lowest BCUT2D eigenvalue weighted by atomic mass is 10.2. The number of anilines is 1. The summed E-state index contributed by atoms with van der Waals surface area (Å²) in [6.07, 6.45) is 5.05. The summed E-state index contributed by atoms with van der Waals surface area (Å²) in [5.41, 5.74) is 3.88. The minimum absolute atomic E-state index is 0.0977. The lowest BCUT2D eigenvalue weighted by molar-refractivity contribution is 0.102. The summed E-state index contributed by atoms with van der Waals surface area (Å²) in [4.78, 5) is 13.9. The lowest BCUT2D eigenvalue weighted by Gasteiger charge is -2.11. The monoisotopic (exact) mass is 349 g/mol. The smallest absolute Gasteiger partial charge is 0.256 e. The number of nitrogens with one attached hydrogen (secondary N) is 1. The van der Waals surface area contributed by atoms with Crippen LogP contribution in [0.2, 0.25) is 0 Å². The van der Waals surface area contributed by atoms with E-state index >= 15 is 0 Å². The molecule has 1 heterocycles. The molecule has 4 nitrogen and oxygen atoms in total. The Labute approximate surface area is 151 Å². The number of aryl methyl sites for hydroxylation is 1. The average molecular weight is 349 g/mol. The van der Waals surface area contributed by atoms with Gasteiger partial charge in [-0.1, -0.05) is 18.2 Å². The van der Waals surface area contributed by atoms with Crippen LogP contribution in [0.25, 0.3) is 5.69 Å². The van der Waals surface area contributed by atoms with Crippen LogP contribution in [0, 0.1) is 0 Å². The first-order valence-corrected chi connectivity index (χ1v) is 9.60. The summed E-state index contributed by atoms with van der Waals surface area (Å²) in [7, 11) is 0. The fourth-order valence-corrected chi connectivity index (χ4v) is 3.61. The van der Waals surface area contributed by atoms with Crippen molar-refractivity contribution in [2.45, 2.75) is 24.2 Å². The second kappa shape index (κ2) is 6.76. The fraction of sp³-hybridized carbons (Fsp3) is 0.200. The van der Waals surface area contributed by atoms with E-state index in [2.05, 4.69) is 5.32 Å². The summed E-state index contributed by atoms with van der Waals surface area (Å²) in [5, 5.41) is 7.83. The molecular formula is C20H19N3OS. The van der Waals surface area contributed by atoms with Crippen LogP contribution < -0.4 is 5.32 Å². The van der Waals surface area contributed by atoms with Gasteiger partial charge in [0.1, 0.15) is 5.82 Å². The third-order valence-electron chi connectivity index (χ3n) is 4.49. The van der Waals surface area contributed by atoms with Gasteiger partial charge < -0.3 is 5.32 Å². The quantitative estimate of drug-likeness (QED) is 0.713. The standard InChI is InChI=1S/C20H19N3OS/c1-25-16-12-10-14(11-13-16)20(24)21-19-17-8-5-9-18(17)22-23(19)15-6-3-2-4-7-15/h2-4,6-7,10-13H,5,8-9H2,1H3,(H,21,24). The number of rotatable bonds is 4. The minimum atomic E-state index is -0.0977. The molecule has 0 unspecified atom stereocenters. The molecule has 1 aromatic heterocycles. The number of para-hydroxylation sites is 1. The largest absolute Gasteiger partial charge is 0.306 e. The van der Waals surface area contributed by atoms with Crippen LogP contribution in [0.1, 0.15) is 28.0 Å². The summed E-state index contributed by atoms with van der Waals surface area (Å²) in [6.45, 7) is 0. The number of hydrogen-bond donors (Lipinski definition) is 1. The maximum absolute atomic E-state index is 12.7. The van der Waals surface area contributed by atoms with Crippen molar-refractivity contribution < 1.29 is 4.79 Å². The van der Waals surface area contributed by atoms with Crippen LogP contribution in [-0.2, 0) is 12.8 Å². The predicted molar refractivity (Wildman–Crippen MR) is 102 cm³/mol. The zero-order valence-electron chi connectivity index (χ0n) is 14.0. The van der Waals surface area contributed by atoms with E-state index in [0.29, 0.717) is 5.56 Å². The zero-order chi connectivity index (χ0) is 17.2. The summed E-state index contributed by atoms with van der Waals surface area (Å²) >= 11 is 1.66. The van der Waals surface area contributed by atoms with Gasteiger partial charge in [-0.3, -0.25) is 4.79 Å². The molecule has 0 spiro atoms. The number of carbonyl (C=O) groups is 1. The van der Waals surface area contributed by atoms with Gasteiger partial charge in [0.15, 0.2) is 0 Å². The maximum atomic E-state index is 12.7. The van der Waals surface area contributed by atoms with Crippen molar-refractivity contribution in [1.82, 2.24) is 9.78 Å². The van der Waals surface area contributed by atoms with Crippen LogP contribution in [0.4, 0.5) is 5.82 Å². The molecule has 1 aliphatic carbocycles. The van der Waals surface area contributed by atoms with E-state index in [0.717, 1.165) is 46.9 Å². The van der Waals surface area contributed by atoms with Gasteiger partial charge in [0.2, 0.25) is 0 Å². The van der Waals surface area contributed by atoms with E-state index in [9.17, 15) is 4.79 Å². The van der Waals surface area contributed by atoms with E-state index in [1.165, 1.54) is 0 Å². The Morgan fingerprint density at radius 3 is 2.56 bits per heavy atom. The minimum Gasteiger partial charge on any atom is -0.306 e. The first kappa shape index (κ1) is 16.0. The number of fused-ring (bicyclic) bond motifs is 1. The Kier molecular flexibility index (Phi) is 4.32. The topological polar surface area (TPSA) is 46.9 Å².